The van der Waals surface area contributed by atoms with E-state index >= 15 is 0 Å². The van der Waals surface area contributed by atoms with Crippen molar-refractivity contribution in [3.63, 3.8) is 0 Å². The van der Waals surface area contributed by atoms with Gasteiger partial charge in [-0.3, -0.25) is 4.79 Å². The van der Waals surface area contributed by atoms with E-state index in [1.807, 2.05) is 6.07 Å². The zero-order chi connectivity index (χ0) is 13.9. The lowest BCUT2D eigenvalue weighted by Crippen LogP contribution is -2.32. The van der Waals surface area contributed by atoms with Gasteiger partial charge in [-0.1, -0.05) is 39.8 Å². The number of nitrogens with one attached hydrogen (secondary N) is 1. The van der Waals surface area contributed by atoms with Crippen LogP contribution in [0.5, 0.6) is 0 Å². The van der Waals surface area contributed by atoms with Crippen molar-refractivity contribution in [2.24, 2.45) is 5.73 Å². The van der Waals surface area contributed by atoms with Crippen LogP contribution in [0, 0.1) is 0 Å². The van der Waals surface area contributed by atoms with Gasteiger partial charge in [0.15, 0.2) is 0 Å². The number of rotatable bonds is 4. The summed E-state index contributed by atoms with van der Waals surface area (Å²) in [7, 11) is 0. The fourth-order valence-corrected chi connectivity index (χ4v) is 1.78. The second-order valence-corrected chi connectivity index (χ2v) is 5.43. The normalized spacial score (nSPS) is 12.2. The first kappa shape index (κ1) is 17.9. The van der Waals surface area contributed by atoms with Crippen LogP contribution in [0.3, 0.4) is 0 Å². The molecule has 0 aliphatic heterocycles. The maximum absolute atomic E-state index is 11.7. The van der Waals surface area contributed by atoms with Gasteiger partial charge in [0.2, 0.25) is 5.91 Å². The minimum atomic E-state index is -0.491. The van der Waals surface area contributed by atoms with Crippen LogP contribution in [0.4, 0.5) is 5.69 Å². The molecule has 0 saturated carbocycles. The quantitative estimate of drug-likeness (QED) is 0.887. The molecule has 3 N–H and O–H groups in total. The van der Waals surface area contributed by atoms with E-state index in [1.165, 1.54) is 5.56 Å². The molecule has 0 bridgehead atoms. The lowest BCUT2D eigenvalue weighted by atomic mass is 9.94. The Kier molecular flexibility index (Phi) is 7.09. The van der Waals surface area contributed by atoms with Crippen molar-refractivity contribution in [3.8, 4) is 0 Å². The third-order valence-electron chi connectivity index (χ3n) is 3.04. The van der Waals surface area contributed by atoms with Gasteiger partial charge in [-0.25, -0.2) is 0 Å². The third kappa shape index (κ3) is 4.84. The number of nitrogens with two attached hydrogens (primary N) is 1. The Hall–Kier alpha value is -1.06. The number of anilines is 1. The highest BCUT2D eigenvalue weighted by atomic mass is 35.5. The van der Waals surface area contributed by atoms with Crippen molar-refractivity contribution in [2.75, 3.05) is 5.32 Å². The zero-order valence-electron chi connectivity index (χ0n) is 12.4. The summed E-state index contributed by atoms with van der Waals surface area (Å²) in [6, 6.07) is 5.72. The fraction of sp³-hybridized carbons (Fsp3) is 0.533. The molecule has 0 radical (unpaired) electrons. The van der Waals surface area contributed by atoms with Crippen LogP contribution in [-0.2, 0) is 4.79 Å². The molecule has 1 aromatic carbocycles. The predicted octanol–water partition coefficient (Wildman–Crippen LogP) is 3.64. The summed E-state index contributed by atoms with van der Waals surface area (Å²) in [5, 5.41) is 2.89. The van der Waals surface area contributed by atoms with Crippen LogP contribution in [-0.4, -0.2) is 11.9 Å². The minimum absolute atomic E-state index is 0. The second kappa shape index (κ2) is 7.51. The first-order valence-corrected chi connectivity index (χ1v) is 6.53. The van der Waals surface area contributed by atoms with E-state index in [-0.39, 0.29) is 18.3 Å². The predicted molar refractivity (Wildman–Crippen MR) is 84.1 cm³/mol. The van der Waals surface area contributed by atoms with E-state index in [0.717, 1.165) is 11.3 Å². The Bertz CT molecular complexity index is 428. The van der Waals surface area contributed by atoms with Gasteiger partial charge in [0.25, 0.3) is 0 Å². The first-order valence-electron chi connectivity index (χ1n) is 6.53. The smallest absolute Gasteiger partial charge is 0.241 e. The van der Waals surface area contributed by atoms with E-state index in [2.05, 4.69) is 45.1 Å². The van der Waals surface area contributed by atoms with Gasteiger partial charge in [0.1, 0.15) is 0 Å². The maximum atomic E-state index is 11.7. The summed E-state index contributed by atoms with van der Waals surface area (Å²) in [5.41, 5.74) is 8.90. The molecule has 108 valence electrons. The van der Waals surface area contributed by atoms with Crippen LogP contribution in [0.15, 0.2) is 18.2 Å². The average molecular weight is 285 g/mol. The molecule has 19 heavy (non-hydrogen) atoms. The Morgan fingerprint density at radius 3 is 2.11 bits per heavy atom. The number of benzene rings is 1. The molecular weight excluding hydrogens is 260 g/mol. The van der Waals surface area contributed by atoms with Crippen LogP contribution in [0.2, 0.25) is 0 Å². The Morgan fingerprint density at radius 1 is 1.11 bits per heavy atom. The van der Waals surface area contributed by atoms with Crippen molar-refractivity contribution in [1.82, 2.24) is 0 Å². The van der Waals surface area contributed by atoms with Gasteiger partial charge in [-0.05, 0) is 36.0 Å². The van der Waals surface area contributed by atoms with Crippen LogP contribution >= 0.6 is 12.4 Å². The number of halogens is 1. The van der Waals surface area contributed by atoms with Gasteiger partial charge < -0.3 is 11.1 Å². The molecule has 4 heteroatoms. The zero-order valence-corrected chi connectivity index (χ0v) is 13.2. The number of carbonyl (C=O) groups excluding carboxylic acids is 1. The molecule has 0 spiro atoms. The van der Waals surface area contributed by atoms with Crippen molar-refractivity contribution < 1.29 is 4.79 Å². The standard InChI is InChI=1S/C15H24N2O.ClH/c1-9(2)12-6-7-14(13(8-12)10(3)4)17-15(18)11(5)16;/h6-11H,16H2,1-5H3,(H,17,18);1H/t11-;/m0./s1. The molecule has 1 aromatic rings. The highest BCUT2D eigenvalue weighted by Crippen LogP contribution is 2.28. The molecule has 0 unspecified atom stereocenters. The van der Waals surface area contributed by atoms with Gasteiger partial charge in [0.05, 0.1) is 6.04 Å². The Balaban J connectivity index is 0.00000324. The molecule has 0 aromatic heterocycles. The topological polar surface area (TPSA) is 55.1 Å². The number of carbonyl (C=O) groups is 1. The first-order chi connectivity index (χ1) is 8.32. The second-order valence-electron chi connectivity index (χ2n) is 5.43. The summed E-state index contributed by atoms with van der Waals surface area (Å²) >= 11 is 0. The molecule has 0 heterocycles. The molecule has 0 aliphatic carbocycles. The lowest BCUT2D eigenvalue weighted by Gasteiger charge is -2.17. The molecule has 0 fully saturated rings. The monoisotopic (exact) mass is 284 g/mol. The maximum Gasteiger partial charge on any atom is 0.241 e. The van der Waals surface area contributed by atoms with E-state index < -0.39 is 6.04 Å². The molecule has 3 nitrogen and oxygen atoms in total. The largest absolute Gasteiger partial charge is 0.324 e. The summed E-state index contributed by atoms with van der Waals surface area (Å²) in [4.78, 5) is 11.7. The SMILES string of the molecule is CC(C)c1ccc(NC(=O)[C@H](C)N)c(C(C)C)c1.Cl. The summed E-state index contributed by atoms with van der Waals surface area (Å²) in [6.07, 6.45) is 0. The van der Waals surface area contributed by atoms with Crippen molar-refractivity contribution >= 4 is 24.0 Å². The summed E-state index contributed by atoms with van der Waals surface area (Å²) < 4.78 is 0. The summed E-state index contributed by atoms with van der Waals surface area (Å²) in [6.45, 7) is 10.3. The number of amides is 1. The Morgan fingerprint density at radius 2 is 1.68 bits per heavy atom. The molecule has 1 amide bonds. The van der Waals surface area contributed by atoms with Gasteiger partial charge in [-0.15, -0.1) is 12.4 Å². The van der Waals surface area contributed by atoms with Gasteiger partial charge >= 0.3 is 0 Å². The van der Waals surface area contributed by atoms with Crippen molar-refractivity contribution in [1.29, 1.82) is 0 Å². The van der Waals surface area contributed by atoms with Crippen LogP contribution in [0.25, 0.3) is 0 Å². The van der Waals surface area contributed by atoms with E-state index in [0.29, 0.717) is 11.8 Å². The van der Waals surface area contributed by atoms with Crippen LogP contribution < -0.4 is 11.1 Å². The number of hydrogen-bond donors (Lipinski definition) is 2. The molecule has 1 atom stereocenters. The molecule has 0 saturated heterocycles. The highest BCUT2D eigenvalue weighted by molar-refractivity contribution is 5.95. The highest BCUT2D eigenvalue weighted by Gasteiger charge is 2.13. The van der Waals surface area contributed by atoms with E-state index in [9.17, 15) is 4.79 Å². The van der Waals surface area contributed by atoms with Crippen molar-refractivity contribution in [2.45, 2.75) is 52.5 Å². The molecular formula is C15H25ClN2O. The molecule has 0 aliphatic rings. The molecule has 1 rings (SSSR count). The summed E-state index contributed by atoms with van der Waals surface area (Å²) in [5.74, 6) is 0.710. The minimum Gasteiger partial charge on any atom is -0.324 e. The number of hydrogen-bond acceptors (Lipinski definition) is 2. The van der Waals surface area contributed by atoms with Gasteiger partial charge in [0, 0.05) is 5.69 Å². The van der Waals surface area contributed by atoms with Gasteiger partial charge in [-0.2, -0.15) is 0 Å². The Labute approximate surface area is 122 Å². The van der Waals surface area contributed by atoms with Crippen LogP contribution in [0.1, 0.15) is 57.6 Å². The fourth-order valence-electron chi connectivity index (χ4n) is 1.78. The van der Waals surface area contributed by atoms with E-state index in [4.69, 9.17) is 5.73 Å². The average Bonchev–Trinajstić information content (AvgIpc) is 2.28. The third-order valence-corrected chi connectivity index (χ3v) is 3.04. The van der Waals surface area contributed by atoms with Crippen molar-refractivity contribution in [3.05, 3.63) is 29.3 Å². The van der Waals surface area contributed by atoms with E-state index in [1.54, 1.807) is 6.92 Å². The lowest BCUT2D eigenvalue weighted by molar-refractivity contribution is -0.117.